The Kier molecular flexibility index (Phi) is 5.02. The fourth-order valence-electron chi connectivity index (χ4n) is 8.02. The first-order valence-corrected chi connectivity index (χ1v) is 13.7. The highest BCUT2D eigenvalue weighted by molar-refractivity contribution is 8.82. The van der Waals surface area contributed by atoms with Crippen molar-refractivity contribution in [3.63, 3.8) is 0 Å². The predicted octanol–water partition coefficient (Wildman–Crippen LogP) is 5.50. The van der Waals surface area contributed by atoms with Crippen LogP contribution in [0.3, 0.4) is 0 Å². The minimum absolute atomic E-state index is 0.0244. The molecule has 1 heterocycles. The molecule has 0 N–H and O–H groups in total. The number of fused-ring (bicyclic) bond motifs is 6. The summed E-state index contributed by atoms with van der Waals surface area (Å²) >= 11 is 0. The number of hydrogen-bond acceptors (Lipinski definition) is 6. The lowest BCUT2D eigenvalue weighted by Gasteiger charge is -2.61. The van der Waals surface area contributed by atoms with Crippen LogP contribution in [0, 0.1) is 28.6 Å². The standard InChI is InChI=1S/C24H32O4S2/c1-14(25)29-30-19-13-15-12-16(26)4-8-22(15,2)17-5-9-23(3)18(21(17)19)6-10-24(23)11-7-20(27)28-24/h12,17-19,21H,4-11,13H2,1-3H3/t17-,18-,19+,21+,22-,23-,24+/m0/s1. The van der Waals surface area contributed by atoms with E-state index in [1.165, 1.54) is 16.4 Å². The summed E-state index contributed by atoms with van der Waals surface area (Å²) in [5.74, 6) is 1.81. The lowest BCUT2D eigenvalue weighted by Crippen LogP contribution is -2.57. The molecule has 6 heteroatoms. The maximum absolute atomic E-state index is 12.2. The lowest BCUT2D eigenvalue weighted by molar-refractivity contribution is -0.167. The second-order valence-electron chi connectivity index (χ2n) is 10.7. The van der Waals surface area contributed by atoms with Crippen LogP contribution in [0.1, 0.15) is 78.6 Å². The fraction of sp³-hybridized carbons (Fsp3) is 0.792. The molecule has 0 unspecified atom stereocenters. The molecule has 5 aliphatic rings. The Labute approximate surface area is 187 Å². The molecule has 0 aromatic heterocycles. The molecule has 4 fully saturated rings. The van der Waals surface area contributed by atoms with Gasteiger partial charge >= 0.3 is 5.97 Å². The Morgan fingerprint density at radius 1 is 1.07 bits per heavy atom. The van der Waals surface area contributed by atoms with E-state index >= 15 is 0 Å². The SMILES string of the molecule is CC(=O)SS[C@@H]1CC2=CC(=O)CC[C@]2(C)[C@H]2CC[C@@]3(C)[C@@H](CC[C@@]34CCC(=O)O4)[C@H]12. The van der Waals surface area contributed by atoms with E-state index in [0.29, 0.717) is 35.8 Å². The van der Waals surface area contributed by atoms with Crippen LogP contribution < -0.4 is 0 Å². The third kappa shape index (κ3) is 2.92. The Morgan fingerprint density at radius 2 is 1.83 bits per heavy atom. The third-order valence-electron chi connectivity index (χ3n) is 9.58. The van der Waals surface area contributed by atoms with Gasteiger partial charge in [0.1, 0.15) is 5.60 Å². The third-order valence-corrected chi connectivity index (χ3v) is 12.4. The number of hydrogen-bond donors (Lipinski definition) is 0. The number of carbonyl (C=O) groups is 3. The van der Waals surface area contributed by atoms with Gasteiger partial charge in [0.25, 0.3) is 0 Å². The van der Waals surface area contributed by atoms with E-state index in [1.54, 1.807) is 17.7 Å². The van der Waals surface area contributed by atoms with Gasteiger partial charge in [-0.15, -0.1) is 0 Å². The second-order valence-corrected chi connectivity index (χ2v) is 13.3. The highest BCUT2D eigenvalue weighted by atomic mass is 33.1. The molecule has 0 aromatic rings. The van der Waals surface area contributed by atoms with Gasteiger partial charge in [-0.3, -0.25) is 14.4 Å². The molecule has 0 amide bonds. The van der Waals surface area contributed by atoms with E-state index in [0.717, 1.165) is 44.9 Å². The Balaban J connectivity index is 1.53. The smallest absolute Gasteiger partial charge is 0.306 e. The van der Waals surface area contributed by atoms with Crippen molar-refractivity contribution in [2.24, 2.45) is 28.6 Å². The van der Waals surface area contributed by atoms with Crippen molar-refractivity contribution in [3.05, 3.63) is 11.6 Å². The number of ether oxygens (including phenoxy) is 1. The molecule has 0 radical (unpaired) electrons. The molecule has 3 saturated carbocycles. The molecule has 30 heavy (non-hydrogen) atoms. The zero-order valence-corrected chi connectivity index (χ0v) is 19.8. The summed E-state index contributed by atoms with van der Waals surface area (Å²) in [7, 11) is 3.10. The van der Waals surface area contributed by atoms with E-state index in [4.69, 9.17) is 4.74 Å². The molecule has 4 aliphatic carbocycles. The first kappa shape index (κ1) is 21.1. The average molecular weight is 449 g/mol. The van der Waals surface area contributed by atoms with Crippen LogP contribution in [-0.2, 0) is 19.1 Å². The van der Waals surface area contributed by atoms with Gasteiger partial charge in [-0.2, -0.15) is 0 Å². The highest BCUT2D eigenvalue weighted by Gasteiger charge is 2.68. The fourth-order valence-corrected chi connectivity index (χ4v) is 10.4. The number of allylic oxidation sites excluding steroid dienone is 1. The van der Waals surface area contributed by atoms with Gasteiger partial charge < -0.3 is 4.74 Å². The molecule has 164 valence electrons. The Morgan fingerprint density at radius 3 is 2.53 bits per heavy atom. The molecular formula is C24H32O4S2. The summed E-state index contributed by atoms with van der Waals surface area (Å²) in [5, 5.41) is 0.482. The quantitative estimate of drug-likeness (QED) is 0.411. The van der Waals surface area contributed by atoms with Gasteiger partial charge in [0.2, 0.25) is 0 Å². The van der Waals surface area contributed by atoms with Crippen LogP contribution >= 0.6 is 21.6 Å². The number of esters is 1. The van der Waals surface area contributed by atoms with Crippen LogP contribution in [-0.4, -0.2) is 27.7 Å². The minimum Gasteiger partial charge on any atom is -0.458 e. The lowest BCUT2D eigenvalue weighted by atomic mass is 9.46. The highest BCUT2D eigenvalue weighted by Crippen LogP contribution is 2.71. The molecule has 1 aliphatic heterocycles. The van der Waals surface area contributed by atoms with Gasteiger partial charge in [-0.1, -0.05) is 30.2 Å². The van der Waals surface area contributed by atoms with Crippen LogP contribution in [0.2, 0.25) is 0 Å². The zero-order chi connectivity index (χ0) is 21.3. The van der Waals surface area contributed by atoms with Crippen molar-refractivity contribution in [2.75, 3.05) is 0 Å². The zero-order valence-electron chi connectivity index (χ0n) is 18.2. The molecular weight excluding hydrogens is 416 g/mol. The van der Waals surface area contributed by atoms with E-state index in [1.807, 2.05) is 6.08 Å². The van der Waals surface area contributed by atoms with Crippen LogP contribution in [0.25, 0.3) is 0 Å². The molecule has 0 bridgehead atoms. The van der Waals surface area contributed by atoms with Crippen molar-refractivity contribution in [2.45, 2.75) is 89.4 Å². The predicted molar refractivity (Wildman–Crippen MR) is 120 cm³/mol. The van der Waals surface area contributed by atoms with E-state index < -0.39 is 0 Å². The van der Waals surface area contributed by atoms with Gasteiger partial charge in [0.05, 0.1) is 0 Å². The maximum Gasteiger partial charge on any atom is 0.306 e. The van der Waals surface area contributed by atoms with Gasteiger partial charge in [0, 0.05) is 30.4 Å². The minimum atomic E-state index is -0.276. The molecule has 7 atom stereocenters. The van der Waals surface area contributed by atoms with Crippen LogP contribution in [0.15, 0.2) is 11.6 Å². The van der Waals surface area contributed by atoms with Crippen molar-refractivity contribution in [1.82, 2.24) is 0 Å². The Bertz CT molecular complexity index is 837. The number of carbonyl (C=O) groups excluding carboxylic acids is 3. The van der Waals surface area contributed by atoms with Gasteiger partial charge in [-0.25, -0.2) is 0 Å². The van der Waals surface area contributed by atoms with Gasteiger partial charge in [0.15, 0.2) is 10.9 Å². The molecule has 1 saturated heterocycles. The van der Waals surface area contributed by atoms with Crippen LogP contribution in [0.5, 0.6) is 0 Å². The van der Waals surface area contributed by atoms with E-state index in [2.05, 4.69) is 13.8 Å². The summed E-state index contributed by atoms with van der Waals surface area (Å²) in [5.41, 5.74) is 1.18. The van der Waals surface area contributed by atoms with Gasteiger partial charge in [-0.05, 0) is 85.0 Å². The summed E-state index contributed by atoms with van der Waals surface area (Å²) in [6, 6.07) is 0. The summed E-state index contributed by atoms with van der Waals surface area (Å²) in [4.78, 5) is 36.1. The molecule has 1 spiro atoms. The summed E-state index contributed by atoms with van der Waals surface area (Å²) in [6.07, 6.45) is 10.2. The van der Waals surface area contributed by atoms with Crippen molar-refractivity contribution < 1.29 is 19.1 Å². The normalized spacial score (nSPS) is 47.4. The number of ketones is 1. The molecule has 4 nitrogen and oxygen atoms in total. The Hall–Kier alpha value is -0.750. The largest absolute Gasteiger partial charge is 0.458 e. The molecule has 0 aromatic carbocycles. The summed E-state index contributed by atoms with van der Waals surface area (Å²) < 4.78 is 6.08. The number of rotatable bonds is 2. The second kappa shape index (κ2) is 7.13. The average Bonchev–Trinajstić information content (AvgIpc) is 3.21. The maximum atomic E-state index is 12.2. The van der Waals surface area contributed by atoms with Crippen molar-refractivity contribution >= 4 is 38.5 Å². The topological polar surface area (TPSA) is 60.4 Å². The molecule has 5 rings (SSSR count). The van der Waals surface area contributed by atoms with Crippen LogP contribution in [0.4, 0.5) is 0 Å². The summed E-state index contributed by atoms with van der Waals surface area (Å²) in [6.45, 7) is 6.42. The van der Waals surface area contributed by atoms with E-state index in [-0.39, 0.29) is 33.3 Å². The monoisotopic (exact) mass is 448 g/mol. The van der Waals surface area contributed by atoms with Crippen molar-refractivity contribution in [3.8, 4) is 0 Å². The van der Waals surface area contributed by atoms with Crippen molar-refractivity contribution in [1.29, 1.82) is 0 Å². The first-order chi connectivity index (χ1) is 14.2. The van der Waals surface area contributed by atoms with E-state index in [9.17, 15) is 14.4 Å². The first-order valence-electron chi connectivity index (χ1n) is 11.5.